The van der Waals surface area contributed by atoms with Gasteiger partial charge < -0.3 is 10.1 Å². The number of rotatable bonds is 8. The zero-order chi connectivity index (χ0) is 12.3. The second-order valence-corrected chi connectivity index (χ2v) is 4.97. The molecule has 0 aliphatic carbocycles. The molecule has 1 amide bonds. The molecule has 0 aromatic heterocycles. The molecule has 0 aromatic carbocycles. The minimum Gasteiger partial charge on any atom is -0.381 e. The van der Waals surface area contributed by atoms with Gasteiger partial charge >= 0.3 is 0 Å². The van der Waals surface area contributed by atoms with E-state index < -0.39 is 0 Å². The first-order valence-corrected chi connectivity index (χ1v) is 7.20. The van der Waals surface area contributed by atoms with E-state index in [-0.39, 0.29) is 5.91 Å². The van der Waals surface area contributed by atoms with Crippen LogP contribution in [-0.4, -0.2) is 25.2 Å². The molecule has 0 radical (unpaired) electrons. The summed E-state index contributed by atoms with van der Waals surface area (Å²) in [6, 6.07) is 0.358. The van der Waals surface area contributed by atoms with Crippen LogP contribution in [-0.2, 0) is 9.53 Å². The standard InChI is InChI=1S/C14H27NO2/c1-2-3-4-5-6-7-8-14(16)15-13-9-11-17-12-10-13/h13H,2-12H2,1H3,(H,15,16). The van der Waals surface area contributed by atoms with Crippen LogP contribution >= 0.6 is 0 Å². The van der Waals surface area contributed by atoms with Crippen molar-refractivity contribution in [2.24, 2.45) is 0 Å². The van der Waals surface area contributed by atoms with Crippen molar-refractivity contribution in [1.29, 1.82) is 0 Å². The van der Waals surface area contributed by atoms with Gasteiger partial charge in [0.25, 0.3) is 0 Å². The Kier molecular flexibility index (Phi) is 8.06. The predicted molar refractivity (Wildman–Crippen MR) is 70.0 cm³/mol. The van der Waals surface area contributed by atoms with E-state index in [4.69, 9.17) is 4.74 Å². The second-order valence-electron chi connectivity index (χ2n) is 4.97. The molecule has 3 nitrogen and oxygen atoms in total. The normalized spacial score (nSPS) is 17.0. The van der Waals surface area contributed by atoms with Crippen LogP contribution in [0.1, 0.15) is 64.7 Å². The summed E-state index contributed by atoms with van der Waals surface area (Å²) in [6.45, 7) is 3.81. The van der Waals surface area contributed by atoms with Crippen molar-refractivity contribution in [2.45, 2.75) is 70.8 Å². The topological polar surface area (TPSA) is 38.3 Å². The first-order valence-electron chi connectivity index (χ1n) is 7.20. The fraction of sp³-hybridized carbons (Fsp3) is 0.929. The van der Waals surface area contributed by atoms with E-state index in [1.165, 1.54) is 32.1 Å². The van der Waals surface area contributed by atoms with Gasteiger partial charge in [-0.25, -0.2) is 0 Å². The molecule has 0 aromatic rings. The molecule has 1 aliphatic heterocycles. The van der Waals surface area contributed by atoms with Gasteiger partial charge in [-0.15, -0.1) is 0 Å². The maximum Gasteiger partial charge on any atom is 0.220 e. The molecule has 1 saturated heterocycles. The van der Waals surface area contributed by atoms with E-state index in [1.807, 2.05) is 0 Å². The molecule has 17 heavy (non-hydrogen) atoms. The third-order valence-electron chi connectivity index (χ3n) is 3.34. The molecule has 1 aliphatic rings. The average Bonchev–Trinajstić information content (AvgIpc) is 2.35. The van der Waals surface area contributed by atoms with E-state index in [0.717, 1.165) is 32.5 Å². The van der Waals surface area contributed by atoms with Gasteiger partial charge in [0.1, 0.15) is 0 Å². The van der Waals surface area contributed by atoms with Crippen LogP contribution in [0.2, 0.25) is 0 Å². The molecular formula is C14H27NO2. The number of carbonyl (C=O) groups is 1. The number of nitrogens with one attached hydrogen (secondary N) is 1. The van der Waals surface area contributed by atoms with Crippen LogP contribution in [0.3, 0.4) is 0 Å². The number of amides is 1. The van der Waals surface area contributed by atoms with Gasteiger partial charge in [0.15, 0.2) is 0 Å². The van der Waals surface area contributed by atoms with Crippen molar-refractivity contribution in [2.75, 3.05) is 13.2 Å². The van der Waals surface area contributed by atoms with Gasteiger partial charge in [0.05, 0.1) is 0 Å². The zero-order valence-electron chi connectivity index (χ0n) is 11.2. The SMILES string of the molecule is CCCCCCCCC(=O)NC1CCOCC1. The average molecular weight is 241 g/mol. The van der Waals surface area contributed by atoms with E-state index >= 15 is 0 Å². The summed E-state index contributed by atoms with van der Waals surface area (Å²) in [6.07, 6.45) is 10.1. The highest BCUT2D eigenvalue weighted by Crippen LogP contribution is 2.09. The maximum atomic E-state index is 11.6. The minimum absolute atomic E-state index is 0.229. The zero-order valence-corrected chi connectivity index (χ0v) is 11.2. The molecule has 100 valence electrons. The number of hydrogen-bond donors (Lipinski definition) is 1. The van der Waals surface area contributed by atoms with Crippen molar-refractivity contribution < 1.29 is 9.53 Å². The first kappa shape index (κ1) is 14.5. The van der Waals surface area contributed by atoms with E-state index in [0.29, 0.717) is 12.5 Å². The summed E-state index contributed by atoms with van der Waals surface area (Å²) in [5.74, 6) is 0.229. The maximum absolute atomic E-state index is 11.6. The van der Waals surface area contributed by atoms with Gasteiger partial charge in [0, 0.05) is 25.7 Å². The Labute approximate surface area is 105 Å². The summed E-state index contributed by atoms with van der Waals surface area (Å²) < 4.78 is 5.27. The Morgan fingerprint density at radius 3 is 2.47 bits per heavy atom. The summed E-state index contributed by atoms with van der Waals surface area (Å²) >= 11 is 0. The highest BCUT2D eigenvalue weighted by molar-refractivity contribution is 5.76. The van der Waals surface area contributed by atoms with Gasteiger partial charge in [-0.2, -0.15) is 0 Å². The van der Waals surface area contributed by atoms with Crippen molar-refractivity contribution in [3.8, 4) is 0 Å². The fourth-order valence-corrected chi connectivity index (χ4v) is 2.21. The molecule has 1 rings (SSSR count). The molecule has 1 N–H and O–H groups in total. The lowest BCUT2D eigenvalue weighted by Crippen LogP contribution is -2.38. The number of unbranched alkanes of at least 4 members (excludes halogenated alkanes) is 5. The molecule has 0 saturated carbocycles. The van der Waals surface area contributed by atoms with Crippen LogP contribution in [0.4, 0.5) is 0 Å². The quantitative estimate of drug-likeness (QED) is 0.663. The number of ether oxygens (including phenoxy) is 1. The van der Waals surface area contributed by atoms with E-state index in [9.17, 15) is 4.79 Å². The molecule has 1 heterocycles. The molecule has 3 heteroatoms. The lowest BCUT2D eigenvalue weighted by atomic mass is 10.1. The molecule has 0 bridgehead atoms. The summed E-state index contributed by atoms with van der Waals surface area (Å²) in [7, 11) is 0. The van der Waals surface area contributed by atoms with Crippen molar-refractivity contribution >= 4 is 5.91 Å². The van der Waals surface area contributed by atoms with Crippen molar-refractivity contribution in [3.05, 3.63) is 0 Å². The fourth-order valence-electron chi connectivity index (χ4n) is 2.21. The molecule has 0 unspecified atom stereocenters. The van der Waals surface area contributed by atoms with Gasteiger partial charge in [-0.1, -0.05) is 39.0 Å². The highest BCUT2D eigenvalue weighted by atomic mass is 16.5. The smallest absolute Gasteiger partial charge is 0.220 e. The highest BCUT2D eigenvalue weighted by Gasteiger charge is 2.15. The molecule has 0 atom stereocenters. The summed E-state index contributed by atoms with van der Waals surface area (Å²) in [4.78, 5) is 11.6. The second kappa shape index (κ2) is 9.46. The molecule has 0 spiro atoms. The van der Waals surface area contributed by atoms with Gasteiger partial charge in [0.2, 0.25) is 5.91 Å². The number of carbonyl (C=O) groups excluding carboxylic acids is 1. The summed E-state index contributed by atoms with van der Waals surface area (Å²) in [5.41, 5.74) is 0. The largest absolute Gasteiger partial charge is 0.381 e. The van der Waals surface area contributed by atoms with Crippen LogP contribution in [0, 0.1) is 0 Å². The van der Waals surface area contributed by atoms with Gasteiger partial charge in [-0.3, -0.25) is 4.79 Å². The van der Waals surface area contributed by atoms with Crippen LogP contribution < -0.4 is 5.32 Å². The molecular weight excluding hydrogens is 214 g/mol. The van der Waals surface area contributed by atoms with Crippen LogP contribution in [0.5, 0.6) is 0 Å². The lowest BCUT2D eigenvalue weighted by Gasteiger charge is -2.23. The Bertz CT molecular complexity index is 200. The summed E-state index contributed by atoms with van der Waals surface area (Å²) in [5, 5.41) is 3.10. The van der Waals surface area contributed by atoms with E-state index in [1.54, 1.807) is 0 Å². The first-order chi connectivity index (χ1) is 8.33. The predicted octanol–water partition coefficient (Wildman–Crippen LogP) is 3.03. The minimum atomic E-state index is 0.229. The van der Waals surface area contributed by atoms with Crippen LogP contribution in [0.15, 0.2) is 0 Å². The Morgan fingerprint density at radius 2 is 1.76 bits per heavy atom. The monoisotopic (exact) mass is 241 g/mol. The Balaban J connectivity index is 1.93. The third kappa shape index (κ3) is 7.37. The van der Waals surface area contributed by atoms with Crippen LogP contribution in [0.25, 0.3) is 0 Å². The van der Waals surface area contributed by atoms with E-state index in [2.05, 4.69) is 12.2 Å². The number of hydrogen-bond acceptors (Lipinski definition) is 2. The third-order valence-corrected chi connectivity index (χ3v) is 3.34. The lowest BCUT2D eigenvalue weighted by molar-refractivity contribution is -0.122. The Hall–Kier alpha value is -0.570. The molecule has 1 fully saturated rings. The Morgan fingerprint density at radius 1 is 1.12 bits per heavy atom. The van der Waals surface area contributed by atoms with Crippen molar-refractivity contribution in [1.82, 2.24) is 5.32 Å². The van der Waals surface area contributed by atoms with Crippen molar-refractivity contribution in [3.63, 3.8) is 0 Å². The van der Waals surface area contributed by atoms with Gasteiger partial charge in [-0.05, 0) is 19.3 Å².